The van der Waals surface area contributed by atoms with Gasteiger partial charge in [0.15, 0.2) is 5.13 Å². The minimum atomic E-state index is -3.37. The molecule has 0 saturated heterocycles. The maximum atomic E-state index is 13.4. The molecule has 1 amide bonds. The summed E-state index contributed by atoms with van der Waals surface area (Å²) in [5.74, 6) is 0.107. The van der Waals surface area contributed by atoms with Crippen LogP contribution in [0.5, 0.6) is 5.75 Å². The van der Waals surface area contributed by atoms with Crippen LogP contribution < -0.4 is 14.8 Å². The molecule has 0 radical (unpaired) electrons. The normalized spacial score (nSPS) is 11.2. The van der Waals surface area contributed by atoms with Crippen molar-refractivity contribution in [3.8, 4) is 34.2 Å². The second-order valence-corrected chi connectivity index (χ2v) is 11.6. The second kappa shape index (κ2) is 10.7. The van der Waals surface area contributed by atoms with Crippen molar-refractivity contribution < 1.29 is 17.9 Å². The molecule has 0 aliphatic heterocycles. The Balaban J connectivity index is 1.43. The van der Waals surface area contributed by atoms with E-state index in [1.807, 2.05) is 19.1 Å². The summed E-state index contributed by atoms with van der Waals surface area (Å²) in [5.41, 5.74) is 5.16. The highest BCUT2D eigenvalue weighted by Crippen LogP contribution is 2.34. The highest BCUT2D eigenvalue weighted by atomic mass is 32.2. The zero-order chi connectivity index (χ0) is 28.4. The van der Waals surface area contributed by atoms with E-state index < -0.39 is 15.9 Å². The van der Waals surface area contributed by atoms with Crippen molar-refractivity contribution in [2.75, 3.05) is 23.4 Å². The number of aryl methyl sites for hydroxylation is 1. The Kier molecular flexibility index (Phi) is 7.17. The van der Waals surface area contributed by atoms with E-state index in [1.54, 1.807) is 48.5 Å². The molecule has 3 heterocycles. The lowest BCUT2D eigenvalue weighted by molar-refractivity contribution is 0.102. The molecular formula is C28H22N6O4S2. The smallest absolute Gasteiger partial charge is 0.259 e. The third-order valence-corrected chi connectivity index (χ3v) is 7.35. The number of ether oxygens (including phenoxy) is 1. The molecular weight excluding hydrogens is 548 g/mol. The molecule has 0 unspecified atom stereocenters. The number of nitriles is 1. The predicted molar refractivity (Wildman–Crippen MR) is 155 cm³/mol. The third kappa shape index (κ3) is 5.75. The van der Waals surface area contributed by atoms with E-state index in [-0.39, 0.29) is 0 Å². The number of methoxy groups -OCH3 is 1. The van der Waals surface area contributed by atoms with Crippen LogP contribution in [0.15, 0.2) is 66.9 Å². The van der Waals surface area contributed by atoms with Crippen molar-refractivity contribution in [1.82, 2.24) is 15.0 Å². The lowest BCUT2D eigenvalue weighted by Crippen LogP contribution is -2.14. The molecule has 2 aromatic carbocycles. The summed E-state index contributed by atoms with van der Waals surface area (Å²) in [5, 5.41) is 12.6. The van der Waals surface area contributed by atoms with Crippen LogP contribution in [0.25, 0.3) is 32.7 Å². The van der Waals surface area contributed by atoms with Crippen molar-refractivity contribution in [2.45, 2.75) is 6.92 Å². The first-order chi connectivity index (χ1) is 19.1. The van der Waals surface area contributed by atoms with E-state index in [9.17, 15) is 18.5 Å². The van der Waals surface area contributed by atoms with Crippen LogP contribution in [-0.2, 0) is 10.0 Å². The van der Waals surface area contributed by atoms with Gasteiger partial charge >= 0.3 is 0 Å². The number of aromatic nitrogens is 3. The maximum absolute atomic E-state index is 13.4. The predicted octanol–water partition coefficient (Wildman–Crippen LogP) is 5.23. The molecule has 0 spiro atoms. The molecule has 0 fully saturated rings. The van der Waals surface area contributed by atoms with Gasteiger partial charge in [-0.25, -0.2) is 18.4 Å². The Morgan fingerprint density at radius 3 is 2.50 bits per heavy atom. The number of hydrogen-bond donors (Lipinski definition) is 2. The average Bonchev–Trinajstić information content (AvgIpc) is 3.33. The minimum absolute atomic E-state index is 0.301. The van der Waals surface area contributed by atoms with Crippen molar-refractivity contribution >= 4 is 48.4 Å². The number of sulfonamides is 1. The first-order valence-electron chi connectivity index (χ1n) is 11.9. The first kappa shape index (κ1) is 26.7. The summed E-state index contributed by atoms with van der Waals surface area (Å²) in [6, 6.07) is 19.4. The van der Waals surface area contributed by atoms with E-state index in [2.05, 4.69) is 31.1 Å². The molecule has 2 N–H and O–H groups in total. The second-order valence-electron chi connectivity index (χ2n) is 8.84. The van der Waals surface area contributed by atoms with Gasteiger partial charge in [0.25, 0.3) is 5.91 Å². The van der Waals surface area contributed by atoms with Crippen LogP contribution in [0.2, 0.25) is 0 Å². The Morgan fingerprint density at radius 2 is 1.80 bits per heavy atom. The van der Waals surface area contributed by atoms with Gasteiger partial charge in [0.1, 0.15) is 16.1 Å². The van der Waals surface area contributed by atoms with Crippen LogP contribution >= 0.6 is 11.3 Å². The standard InChI is InChI=1S/C28H22N6O4S2/c1-16-12-20(21-13-17(14-29)4-11-25(21)38-2)22(15-30-16)26(35)33-28-32-24-10-9-23(31-27(24)39-28)18-5-7-19(8-6-18)34-40(3,36)37/h4-13,15,34H,1-3H3,(H,32,33,35). The molecule has 0 atom stereocenters. The number of carbonyl (C=O) groups excluding carboxylic acids is 1. The molecule has 200 valence electrons. The van der Waals surface area contributed by atoms with Crippen molar-refractivity contribution in [3.05, 3.63) is 83.7 Å². The number of thiazole rings is 1. The topological polar surface area (TPSA) is 147 Å². The van der Waals surface area contributed by atoms with Crippen molar-refractivity contribution in [1.29, 1.82) is 5.26 Å². The fourth-order valence-electron chi connectivity index (χ4n) is 4.07. The lowest BCUT2D eigenvalue weighted by Gasteiger charge is -2.13. The molecule has 0 aliphatic rings. The number of pyridine rings is 2. The summed E-state index contributed by atoms with van der Waals surface area (Å²) in [7, 11) is -1.84. The van der Waals surface area contributed by atoms with Gasteiger partial charge in [-0.2, -0.15) is 5.26 Å². The number of fused-ring (bicyclic) bond motifs is 1. The zero-order valence-electron chi connectivity index (χ0n) is 21.6. The molecule has 40 heavy (non-hydrogen) atoms. The molecule has 3 aromatic heterocycles. The monoisotopic (exact) mass is 570 g/mol. The SMILES string of the molecule is COc1ccc(C#N)cc1-c1cc(C)ncc1C(=O)Nc1nc2ccc(-c3ccc(NS(C)(=O)=O)cc3)nc2s1. The molecule has 0 aliphatic carbocycles. The zero-order valence-corrected chi connectivity index (χ0v) is 23.2. The largest absolute Gasteiger partial charge is 0.496 e. The molecule has 5 rings (SSSR count). The first-order valence-corrected chi connectivity index (χ1v) is 14.6. The maximum Gasteiger partial charge on any atom is 0.259 e. The van der Waals surface area contributed by atoms with Gasteiger partial charge in [-0.3, -0.25) is 19.8 Å². The van der Waals surface area contributed by atoms with E-state index >= 15 is 0 Å². The number of amides is 1. The number of nitrogens with zero attached hydrogens (tertiary/aromatic N) is 4. The third-order valence-electron chi connectivity index (χ3n) is 5.86. The van der Waals surface area contributed by atoms with Crippen LogP contribution in [0.3, 0.4) is 0 Å². The van der Waals surface area contributed by atoms with Crippen molar-refractivity contribution in [3.63, 3.8) is 0 Å². The Morgan fingerprint density at radius 1 is 1.02 bits per heavy atom. The Labute approximate surface area is 234 Å². The van der Waals surface area contributed by atoms with Gasteiger partial charge in [-0.05, 0) is 55.5 Å². The quantitative estimate of drug-likeness (QED) is 0.270. The van der Waals surface area contributed by atoms with Gasteiger partial charge in [-0.1, -0.05) is 23.5 Å². The summed E-state index contributed by atoms with van der Waals surface area (Å²) in [6.07, 6.45) is 2.58. The molecule has 0 bridgehead atoms. The number of hydrogen-bond acceptors (Lipinski definition) is 9. The van der Waals surface area contributed by atoms with E-state index in [0.29, 0.717) is 60.6 Å². The Hall–Kier alpha value is -4.86. The van der Waals surface area contributed by atoms with Crippen LogP contribution in [0.4, 0.5) is 10.8 Å². The fourth-order valence-corrected chi connectivity index (χ4v) is 5.47. The fraction of sp³-hybridized carbons (Fsp3) is 0.107. The average molecular weight is 571 g/mol. The van der Waals surface area contributed by atoms with Crippen LogP contribution in [0.1, 0.15) is 21.6 Å². The highest BCUT2D eigenvalue weighted by Gasteiger charge is 2.19. The highest BCUT2D eigenvalue weighted by molar-refractivity contribution is 7.92. The number of anilines is 2. The lowest BCUT2D eigenvalue weighted by atomic mass is 9.97. The van der Waals surface area contributed by atoms with Gasteiger partial charge < -0.3 is 4.74 Å². The summed E-state index contributed by atoms with van der Waals surface area (Å²) in [6.45, 7) is 1.82. The van der Waals surface area contributed by atoms with Gasteiger partial charge in [0.05, 0.1) is 36.3 Å². The summed E-state index contributed by atoms with van der Waals surface area (Å²) < 4.78 is 30.8. The van der Waals surface area contributed by atoms with Crippen LogP contribution in [0, 0.1) is 18.3 Å². The summed E-state index contributed by atoms with van der Waals surface area (Å²) >= 11 is 1.22. The number of carbonyl (C=O) groups is 1. The minimum Gasteiger partial charge on any atom is -0.496 e. The van der Waals surface area contributed by atoms with Crippen LogP contribution in [-0.4, -0.2) is 42.6 Å². The summed E-state index contributed by atoms with van der Waals surface area (Å²) in [4.78, 5) is 27.5. The van der Waals surface area contributed by atoms with Gasteiger partial charge in [-0.15, -0.1) is 0 Å². The molecule has 5 aromatic rings. The molecule has 12 heteroatoms. The number of nitrogens with one attached hydrogen (secondary N) is 2. The van der Waals surface area contributed by atoms with E-state index in [0.717, 1.165) is 11.8 Å². The number of rotatable bonds is 7. The van der Waals surface area contributed by atoms with E-state index in [4.69, 9.17) is 4.74 Å². The molecule has 0 saturated carbocycles. The molecule has 10 nitrogen and oxygen atoms in total. The van der Waals surface area contributed by atoms with Gasteiger partial charge in [0, 0.05) is 34.3 Å². The van der Waals surface area contributed by atoms with Gasteiger partial charge in [0.2, 0.25) is 10.0 Å². The number of benzene rings is 2. The van der Waals surface area contributed by atoms with E-state index in [1.165, 1.54) is 24.6 Å². The Bertz CT molecular complexity index is 1910. The van der Waals surface area contributed by atoms with Crippen molar-refractivity contribution in [2.24, 2.45) is 0 Å².